The summed E-state index contributed by atoms with van der Waals surface area (Å²) in [7, 11) is 0. The zero-order chi connectivity index (χ0) is 12.0. The monoisotopic (exact) mass is 224 g/mol. The van der Waals surface area contributed by atoms with Crippen LogP contribution >= 0.6 is 0 Å². The van der Waals surface area contributed by atoms with Crippen molar-refractivity contribution in [2.24, 2.45) is 4.99 Å². The van der Waals surface area contributed by atoms with Gasteiger partial charge in [-0.15, -0.1) is 0 Å². The minimum Gasteiger partial charge on any atom is -0.360 e. The SMILES string of the molecule is CCCC1CCCCCN1C=NC(C)(C)C. The molecular weight excluding hydrogens is 196 g/mol. The summed E-state index contributed by atoms with van der Waals surface area (Å²) in [6.45, 7) is 9.97. The third-order valence-corrected chi connectivity index (χ3v) is 3.14. The van der Waals surface area contributed by atoms with E-state index in [1.807, 2.05) is 0 Å². The Morgan fingerprint density at radius 1 is 1.25 bits per heavy atom. The highest BCUT2D eigenvalue weighted by atomic mass is 15.2. The van der Waals surface area contributed by atoms with Crippen molar-refractivity contribution in [3.63, 3.8) is 0 Å². The molecule has 0 saturated carbocycles. The topological polar surface area (TPSA) is 15.6 Å². The first kappa shape index (κ1) is 13.5. The minimum atomic E-state index is 0.0586. The highest BCUT2D eigenvalue weighted by Crippen LogP contribution is 2.19. The largest absolute Gasteiger partial charge is 0.360 e. The average Bonchev–Trinajstić information content (AvgIpc) is 2.40. The molecule has 2 heteroatoms. The van der Waals surface area contributed by atoms with E-state index >= 15 is 0 Å². The van der Waals surface area contributed by atoms with Gasteiger partial charge < -0.3 is 4.90 Å². The maximum Gasteiger partial charge on any atom is 0.0858 e. The first-order valence-electron chi connectivity index (χ1n) is 6.84. The second-order valence-electron chi connectivity index (χ2n) is 5.95. The van der Waals surface area contributed by atoms with Crippen molar-refractivity contribution in [1.29, 1.82) is 0 Å². The normalized spacial score (nSPS) is 23.8. The first-order valence-corrected chi connectivity index (χ1v) is 6.84. The molecule has 1 heterocycles. The molecule has 0 aromatic rings. The molecule has 2 nitrogen and oxygen atoms in total. The summed E-state index contributed by atoms with van der Waals surface area (Å²) in [6, 6.07) is 0.735. The molecule has 1 saturated heterocycles. The van der Waals surface area contributed by atoms with Crippen LogP contribution in [0.4, 0.5) is 0 Å². The Bertz CT molecular complexity index is 215. The lowest BCUT2D eigenvalue weighted by molar-refractivity contribution is 0.302. The lowest BCUT2D eigenvalue weighted by atomic mass is 10.1. The van der Waals surface area contributed by atoms with E-state index in [-0.39, 0.29) is 5.54 Å². The van der Waals surface area contributed by atoms with E-state index in [0.717, 1.165) is 6.04 Å². The van der Waals surface area contributed by atoms with Gasteiger partial charge in [0.05, 0.1) is 11.9 Å². The summed E-state index contributed by atoms with van der Waals surface area (Å²) in [5, 5.41) is 0. The van der Waals surface area contributed by atoms with Gasteiger partial charge in [0.1, 0.15) is 0 Å². The van der Waals surface area contributed by atoms with Crippen LogP contribution < -0.4 is 0 Å². The fourth-order valence-corrected chi connectivity index (χ4v) is 2.24. The maximum absolute atomic E-state index is 4.66. The summed E-state index contributed by atoms with van der Waals surface area (Å²) in [4.78, 5) is 7.14. The Morgan fingerprint density at radius 3 is 2.62 bits per heavy atom. The standard InChI is InChI=1S/C14H28N2/c1-5-9-13-10-7-6-8-11-16(13)12-15-14(2,3)4/h12-13H,5-11H2,1-4H3. The second kappa shape index (κ2) is 6.27. The van der Waals surface area contributed by atoms with Crippen LogP contribution in [0.2, 0.25) is 0 Å². The predicted molar refractivity (Wildman–Crippen MR) is 72.1 cm³/mol. The number of aliphatic imine (C=N–C) groups is 1. The van der Waals surface area contributed by atoms with Crippen LogP contribution in [-0.4, -0.2) is 29.4 Å². The van der Waals surface area contributed by atoms with E-state index < -0.39 is 0 Å². The van der Waals surface area contributed by atoms with Crippen molar-refractivity contribution >= 4 is 6.34 Å². The fourth-order valence-electron chi connectivity index (χ4n) is 2.24. The van der Waals surface area contributed by atoms with Crippen LogP contribution in [0.5, 0.6) is 0 Å². The van der Waals surface area contributed by atoms with Crippen molar-refractivity contribution in [1.82, 2.24) is 4.90 Å². The van der Waals surface area contributed by atoms with Crippen molar-refractivity contribution in [2.45, 2.75) is 77.8 Å². The van der Waals surface area contributed by atoms with Gasteiger partial charge in [-0.1, -0.05) is 26.2 Å². The number of hydrogen-bond acceptors (Lipinski definition) is 1. The molecule has 1 atom stereocenters. The molecule has 0 amide bonds. The quantitative estimate of drug-likeness (QED) is 0.525. The van der Waals surface area contributed by atoms with Crippen LogP contribution in [0.15, 0.2) is 4.99 Å². The Balaban J connectivity index is 2.60. The van der Waals surface area contributed by atoms with Gasteiger partial charge in [0.25, 0.3) is 0 Å². The Kier molecular flexibility index (Phi) is 5.30. The molecular formula is C14H28N2. The summed E-state index contributed by atoms with van der Waals surface area (Å²) < 4.78 is 0. The van der Waals surface area contributed by atoms with Crippen LogP contribution in [0.25, 0.3) is 0 Å². The molecule has 16 heavy (non-hydrogen) atoms. The van der Waals surface area contributed by atoms with Crippen molar-refractivity contribution in [2.75, 3.05) is 6.54 Å². The van der Waals surface area contributed by atoms with Gasteiger partial charge in [-0.3, -0.25) is 4.99 Å². The molecule has 1 aliphatic rings. The van der Waals surface area contributed by atoms with Gasteiger partial charge in [0.2, 0.25) is 0 Å². The van der Waals surface area contributed by atoms with Gasteiger partial charge in [0.15, 0.2) is 0 Å². The van der Waals surface area contributed by atoms with E-state index in [9.17, 15) is 0 Å². The van der Waals surface area contributed by atoms with E-state index in [1.54, 1.807) is 0 Å². The van der Waals surface area contributed by atoms with Crippen LogP contribution in [0.3, 0.4) is 0 Å². The highest BCUT2D eigenvalue weighted by molar-refractivity contribution is 5.56. The number of likely N-dealkylation sites (tertiary alicyclic amines) is 1. The Morgan fingerprint density at radius 2 is 2.00 bits per heavy atom. The molecule has 0 aromatic heterocycles. The molecule has 1 rings (SSSR count). The molecule has 0 N–H and O–H groups in total. The van der Waals surface area contributed by atoms with E-state index in [2.05, 4.69) is 43.9 Å². The van der Waals surface area contributed by atoms with Crippen molar-refractivity contribution in [3.8, 4) is 0 Å². The van der Waals surface area contributed by atoms with Crippen LogP contribution in [-0.2, 0) is 0 Å². The predicted octanol–water partition coefficient (Wildman–Crippen LogP) is 3.86. The molecule has 0 aromatic carbocycles. The van der Waals surface area contributed by atoms with E-state index in [4.69, 9.17) is 0 Å². The van der Waals surface area contributed by atoms with Gasteiger partial charge in [-0.05, 0) is 40.0 Å². The lowest BCUT2D eigenvalue weighted by Crippen LogP contribution is -2.34. The zero-order valence-electron chi connectivity index (χ0n) is 11.5. The smallest absolute Gasteiger partial charge is 0.0858 e. The maximum atomic E-state index is 4.66. The second-order valence-corrected chi connectivity index (χ2v) is 5.95. The van der Waals surface area contributed by atoms with Gasteiger partial charge in [0, 0.05) is 12.6 Å². The average molecular weight is 224 g/mol. The van der Waals surface area contributed by atoms with Crippen molar-refractivity contribution < 1.29 is 0 Å². The Hall–Kier alpha value is -0.530. The number of hydrogen-bond donors (Lipinski definition) is 0. The third-order valence-electron chi connectivity index (χ3n) is 3.14. The summed E-state index contributed by atoms with van der Waals surface area (Å²) in [5.74, 6) is 0. The van der Waals surface area contributed by atoms with Crippen LogP contribution in [0.1, 0.15) is 66.2 Å². The molecule has 0 aliphatic carbocycles. The van der Waals surface area contributed by atoms with E-state index in [1.165, 1.54) is 45.1 Å². The molecule has 0 spiro atoms. The van der Waals surface area contributed by atoms with Gasteiger partial charge in [-0.25, -0.2) is 0 Å². The summed E-state index contributed by atoms with van der Waals surface area (Å²) in [5.41, 5.74) is 0.0586. The Labute approximate surface area is 101 Å². The van der Waals surface area contributed by atoms with Gasteiger partial charge >= 0.3 is 0 Å². The minimum absolute atomic E-state index is 0.0586. The molecule has 1 aliphatic heterocycles. The molecule has 0 radical (unpaired) electrons. The first-order chi connectivity index (χ1) is 7.53. The molecule has 1 unspecified atom stereocenters. The fraction of sp³-hybridized carbons (Fsp3) is 0.929. The van der Waals surface area contributed by atoms with Crippen molar-refractivity contribution in [3.05, 3.63) is 0 Å². The summed E-state index contributed by atoms with van der Waals surface area (Å²) >= 11 is 0. The highest BCUT2D eigenvalue weighted by Gasteiger charge is 2.18. The molecule has 94 valence electrons. The van der Waals surface area contributed by atoms with Crippen LogP contribution in [0, 0.1) is 0 Å². The molecule has 1 fully saturated rings. The zero-order valence-corrected chi connectivity index (χ0v) is 11.5. The molecule has 0 bridgehead atoms. The van der Waals surface area contributed by atoms with Gasteiger partial charge in [-0.2, -0.15) is 0 Å². The summed E-state index contributed by atoms with van der Waals surface area (Å²) in [6.07, 6.45) is 10.2. The lowest BCUT2D eigenvalue weighted by Gasteiger charge is -2.28. The number of rotatable bonds is 3. The third kappa shape index (κ3) is 5.00. The number of nitrogens with zero attached hydrogens (tertiary/aromatic N) is 2. The van der Waals surface area contributed by atoms with E-state index in [0.29, 0.717) is 0 Å².